The average Bonchev–Trinajstić information content (AvgIpc) is 2.60. The number of aryl methyl sites for hydroxylation is 2. The molecule has 0 radical (unpaired) electrons. The van der Waals surface area contributed by atoms with Gasteiger partial charge in [0.2, 0.25) is 0 Å². The number of Topliss-reactive ketones (excluding diaryl/α,β-unsaturated/α-hetero) is 1. The number of benzene rings is 2. The predicted octanol–water partition coefficient (Wildman–Crippen LogP) is 4.31. The number of ether oxygens (including phenoxy) is 1. The van der Waals surface area contributed by atoms with Crippen molar-refractivity contribution < 1.29 is 19.1 Å². The van der Waals surface area contributed by atoms with E-state index in [0.29, 0.717) is 5.56 Å². The fraction of sp³-hybridized carbons (Fsp3) is 0.318. The molecule has 0 saturated heterocycles. The lowest BCUT2D eigenvalue weighted by Crippen LogP contribution is -2.26. The zero-order valence-electron chi connectivity index (χ0n) is 15.9. The van der Waals surface area contributed by atoms with Crippen LogP contribution < -0.4 is 0 Å². The van der Waals surface area contributed by atoms with Gasteiger partial charge in [-0.3, -0.25) is 9.59 Å². The lowest BCUT2D eigenvalue weighted by atomic mass is 9.91. The highest BCUT2D eigenvalue weighted by Gasteiger charge is 2.25. The molecule has 0 amide bonds. The van der Waals surface area contributed by atoms with Gasteiger partial charge in [0.15, 0.2) is 18.2 Å². The molecule has 0 atom stereocenters. The number of carbonyl (C=O) groups is 3. The van der Waals surface area contributed by atoms with E-state index in [1.807, 2.05) is 32.0 Å². The number of rotatable bonds is 5. The van der Waals surface area contributed by atoms with E-state index in [0.717, 1.165) is 11.1 Å². The molecular weight excluding hydrogens is 328 g/mol. The molecule has 0 bridgehead atoms. The second-order valence-corrected chi connectivity index (χ2v) is 7.44. The Labute approximate surface area is 154 Å². The van der Waals surface area contributed by atoms with Gasteiger partial charge in [0.1, 0.15) is 0 Å². The van der Waals surface area contributed by atoms with E-state index in [4.69, 9.17) is 4.74 Å². The van der Waals surface area contributed by atoms with Gasteiger partial charge in [0.25, 0.3) is 0 Å². The van der Waals surface area contributed by atoms with Crippen molar-refractivity contribution in [2.75, 3.05) is 6.61 Å². The number of hydrogen-bond donors (Lipinski definition) is 0. The summed E-state index contributed by atoms with van der Waals surface area (Å²) in [4.78, 5) is 37.4. The lowest BCUT2D eigenvalue weighted by Gasteiger charge is -2.16. The van der Waals surface area contributed by atoms with E-state index in [9.17, 15) is 14.4 Å². The maximum Gasteiger partial charge on any atom is 0.339 e. The summed E-state index contributed by atoms with van der Waals surface area (Å²) < 4.78 is 5.16. The Hall–Kier alpha value is -2.75. The molecule has 0 aliphatic heterocycles. The van der Waals surface area contributed by atoms with Gasteiger partial charge in [-0.05, 0) is 31.5 Å². The predicted molar refractivity (Wildman–Crippen MR) is 101 cm³/mol. The van der Waals surface area contributed by atoms with Crippen molar-refractivity contribution in [1.29, 1.82) is 0 Å². The van der Waals surface area contributed by atoms with Crippen LogP contribution in [0.1, 0.15) is 58.2 Å². The van der Waals surface area contributed by atoms with Crippen LogP contribution in [-0.4, -0.2) is 24.1 Å². The van der Waals surface area contributed by atoms with Gasteiger partial charge in [0, 0.05) is 16.5 Å². The second kappa shape index (κ2) is 7.65. The molecule has 0 heterocycles. The molecule has 4 heteroatoms. The molecule has 0 N–H and O–H groups in total. The first kappa shape index (κ1) is 19.6. The molecule has 136 valence electrons. The quantitative estimate of drug-likeness (QED) is 0.594. The minimum absolute atomic E-state index is 0.167. The third-order valence-corrected chi connectivity index (χ3v) is 4.20. The van der Waals surface area contributed by atoms with Crippen molar-refractivity contribution in [3.8, 4) is 0 Å². The topological polar surface area (TPSA) is 60.4 Å². The van der Waals surface area contributed by atoms with Crippen molar-refractivity contribution in [3.05, 3.63) is 70.3 Å². The highest BCUT2D eigenvalue weighted by atomic mass is 16.5. The Kier molecular flexibility index (Phi) is 5.76. The minimum atomic E-state index is -0.670. The van der Waals surface area contributed by atoms with Gasteiger partial charge in [-0.25, -0.2) is 4.79 Å². The molecule has 4 nitrogen and oxygen atoms in total. The van der Waals surface area contributed by atoms with Gasteiger partial charge in [-0.2, -0.15) is 0 Å². The summed E-state index contributed by atoms with van der Waals surface area (Å²) in [7, 11) is 0. The van der Waals surface area contributed by atoms with Gasteiger partial charge in [-0.15, -0.1) is 0 Å². The maximum absolute atomic E-state index is 13.0. The van der Waals surface area contributed by atoms with Gasteiger partial charge >= 0.3 is 5.97 Å². The highest BCUT2D eigenvalue weighted by Crippen LogP contribution is 2.20. The third kappa shape index (κ3) is 4.45. The van der Waals surface area contributed by atoms with Crippen LogP contribution in [0.4, 0.5) is 0 Å². The van der Waals surface area contributed by atoms with Crippen LogP contribution in [0.25, 0.3) is 0 Å². The van der Waals surface area contributed by atoms with Gasteiger partial charge in [-0.1, -0.05) is 56.7 Å². The number of esters is 1. The fourth-order valence-electron chi connectivity index (χ4n) is 2.41. The van der Waals surface area contributed by atoms with Crippen molar-refractivity contribution in [2.45, 2.75) is 34.6 Å². The monoisotopic (exact) mass is 352 g/mol. The summed E-state index contributed by atoms with van der Waals surface area (Å²) in [6, 6.07) is 12.1. The van der Waals surface area contributed by atoms with Crippen LogP contribution in [0.3, 0.4) is 0 Å². The van der Waals surface area contributed by atoms with Gasteiger partial charge < -0.3 is 4.74 Å². The summed E-state index contributed by atoms with van der Waals surface area (Å²) >= 11 is 0. The van der Waals surface area contributed by atoms with Crippen LogP contribution >= 0.6 is 0 Å². The summed E-state index contributed by atoms with van der Waals surface area (Å²) in [6.07, 6.45) is 0. The zero-order chi connectivity index (χ0) is 19.5. The Bertz CT molecular complexity index is 857. The molecule has 26 heavy (non-hydrogen) atoms. The fourth-order valence-corrected chi connectivity index (χ4v) is 2.41. The van der Waals surface area contributed by atoms with Crippen LogP contribution in [0, 0.1) is 19.3 Å². The largest absolute Gasteiger partial charge is 0.454 e. The summed E-state index contributed by atoms with van der Waals surface area (Å²) in [5.41, 5.74) is 2.21. The number of hydrogen-bond acceptors (Lipinski definition) is 4. The van der Waals surface area contributed by atoms with Crippen molar-refractivity contribution >= 4 is 17.5 Å². The lowest BCUT2D eigenvalue weighted by molar-refractivity contribution is -0.129. The molecule has 0 unspecified atom stereocenters. The molecular formula is C22H24O4. The van der Waals surface area contributed by atoms with Crippen LogP contribution in [-0.2, 0) is 9.53 Å². The van der Waals surface area contributed by atoms with E-state index in [2.05, 4.69) is 0 Å². The first-order valence-electron chi connectivity index (χ1n) is 8.52. The molecule has 2 aromatic carbocycles. The summed E-state index contributed by atoms with van der Waals surface area (Å²) in [6.45, 7) is 8.75. The zero-order valence-corrected chi connectivity index (χ0v) is 15.9. The molecule has 0 saturated carbocycles. The van der Waals surface area contributed by atoms with Crippen molar-refractivity contribution in [1.82, 2.24) is 0 Å². The Balaban J connectivity index is 2.30. The van der Waals surface area contributed by atoms with E-state index in [1.165, 1.54) is 0 Å². The summed E-state index contributed by atoms with van der Waals surface area (Å²) in [5.74, 6) is -1.08. The van der Waals surface area contributed by atoms with Crippen LogP contribution in [0.15, 0.2) is 42.5 Å². The average molecular weight is 352 g/mol. The van der Waals surface area contributed by atoms with Crippen LogP contribution in [0.2, 0.25) is 0 Å². The molecule has 0 fully saturated rings. The van der Waals surface area contributed by atoms with E-state index in [1.54, 1.807) is 45.0 Å². The van der Waals surface area contributed by atoms with E-state index >= 15 is 0 Å². The first-order valence-corrected chi connectivity index (χ1v) is 8.52. The Morgan fingerprint density at radius 1 is 0.885 bits per heavy atom. The molecule has 0 aliphatic rings. The van der Waals surface area contributed by atoms with Crippen molar-refractivity contribution in [3.63, 3.8) is 0 Å². The van der Waals surface area contributed by atoms with Crippen LogP contribution in [0.5, 0.6) is 0 Å². The second-order valence-electron chi connectivity index (χ2n) is 7.44. The van der Waals surface area contributed by atoms with E-state index < -0.39 is 11.4 Å². The van der Waals surface area contributed by atoms with Crippen molar-refractivity contribution in [2.24, 2.45) is 5.41 Å². The molecule has 2 aromatic rings. The normalized spacial score (nSPS) is 11.1. The SMILES string of the molecule is Cc1ccc(C)c(C(=O)c2ccccc2C(=O)OCC(=O)C(C)(C)C)c1. The number of carbonyl (C=O) groups excluding carboxylic acids is 3. The first-order chi connectivity index (χ1) is 12.1. The molecule has 0 aliphatic carbocycles. The Morgan fingerprint density at radius 3 is 2.12 bits per heavy atom. The third-order valence-electron chi connectivity index (χ3n) is 4.20. The molecule has 0 spiro atoms. The smallest absolute Gasteiger partial charge is 0.339 e. The molecule has 2 rings (SSSR count). The molecule has 0 aromatic heterocycles. The van der Waals surface area contributed by atoms with Gasteiger partial charge in [0.05, 0.1) is 5.56 Å². The standard InChI is InChI=1S/C22H24O4/c1-14-10-11-15(2)18(12-14)20(24)16-8-6-7-9-17(16)21(25)26-13-19(23)22(3,4)5/h6-12H,13H2,1-5H3. The Morgan fingerprint density at radius 2 is 1.50 bits per heavy atom. The highest BCUT2D eigenvalue weighted by molar-refractivity contribution is 6.15. The van der Waals surface area contributed by atoms with E-state index in [-0.39, 0.29) is 29.3 Å². The maximum atomic E-state index is 13.0. The number of ketones is 2. The summed E-state index contributed by atoms with van der Waals surface area (Å²) in [5, 5.41) is 0. The minimum Gasteiger partial charge on any atom is -0.454 e.